The van der Waals surface area contributed by atoms with Crippen molar-refractivity contribution in [3.05, 3.63) is 47.8 Å². The van der Waals surface area contributed by atoms with Gasteiger partial charge in [-0.2, -0.15) is 13.2 Å². The second-order valence-electron chi connectivity index (χ2n) is 4.66. The molecule has 0 radical (unpaired) electrons. The predicted molar refractivity (Wildman–Crippen MR) is 69.2 cm³/mol. The molecule has 1 atom stereocenters. The molecule has 2 aromatic rings. The molecule has 1 aromatic carbocycles. The van der Waals surface area contributed by atoms with Crippen LogP contribution in [0.3, 0.4) is 0 Å². The molecule has 0 amide bonds. The Morgan fingerprint density at radius 3 is 2.71 bits per heavy atom. The van der Waals surface area contributed by atoms with Crippen LogP contribution in [-0.2, 0) is 6.18 Å². The number of alkyl halides is 3. The van der Waals surface area contributed by atoms with Crippen molar-refractivity contribution in [3.8, 4) is 11.5 Å². The van der Waals surface area contributed by atoms with Crippen molar-refractivity contribution in [1.82, 2.24) is 4.98 Å². The Labute approximate surface area is 118 Å². The van der Waals surface area contributed by atoms with E-state index in [9.17, 15) is 18.3 Å². The normalized spacial score (nSPS) is 17.2. The maximum atomic E-state index is 12.4. The fourth-order valence-electron chi connectivity index (χ4n) is 2.17. The first-order valence-electron chi connectivity index (χ1n) is 6.19. The number of anilines is 1. The number of pyridine rings is 1. The molecule has 3 rings (SSSR count). The van der Waals surface area contributed by atoms with Gasteiger partial charge in [-0.15, -0.1) is 0 Å². The molecular weight excluding hydrogens is 285 g/mol. The third kappa shape index (κ3) is 2.72. The van der Waals surface area contributed by atoms with Crippen LogP contribution in [-0.4, -0.2) is 16.7 Å². The lowest BCUT2D eigenvalue weighted by molar-refractivity contribution is -0.141. The molecule has 7 heteroatoms. The summed E-state index contributed by atoms with van der Waals surface area (Å²) >= 11 is 0. The minimum absolute atomic E-state index is 0.102. The van der Waals surface area contributed by atoms with Crippen LogP contribution in [0.2, 0.25) is 0 Å². The van der Waals surface area contributed by atoms with Gasteiger partial charge in [0.15, 0.2) is 0 Å². The lowest BCUT2D eigenvalue weighted by Crippen LogP contribution is -2.13. The number of nitrogens with zero attached hydrogens (tertiary/aromatic N) is 1. The van der Waals surface area contributed by atoms with E-state index < -0.39 is 11.9 Å². The standard InChI is InChI=1S/C14H11F3N2O2/c15-14(16,17)13-4-1-8(6-18-13)19-11-7-21-12-5-9(20)2-3-10(11)12/h1-6,11,19-20H,7H2. The molecular formula is C14H11F3N2O2. The topological polar surface area (TPSA) is 54.4 Å². The lowest BCUT2D eigenvalue weighted by atomic mass is 10.1. The second kappa shape index (κ2) is 4.83. The average Bonchev–Trinajstić information content (AvgIpc) is 2.80. The van der Waals surface area contributed by atoms with Gasteiger partial charge >= 0.3 is 6.18 Å². The molecule has 1 unspecified atom stereocenters. The summed E-state index contributed by atoms with van der Waals surface area (Å²) in [6.45, 7) is 0.333. The van der Waals surface area contributed by atoms with Crippen LogP contribution in [0, 0.1) is 0 Å². The van der Waals surface area contributed by atoms with Gasteiger partial charge in [0.1, 0.15) is 23.8 Å². The van der Waals surface area contributed by atoms with Crippen molar-refractivity contribution in [2.45, 2.75) is 12.2 Å². The maximum Gasteiger partial charge on any atom is 0.433 e. The highest BCUT2D eigenvalue weighted by Crippen LogP contribution is 2.37. The summed E-state index contributed by atoms with van der Waals surface area (Å²) in [6.07, 6.45) is -3.31. The number of fused-ring (bicyclic) bond motifs is 1. The molecule has 0 saturated heterocycles. The quantitative estimate of drug-likeness (QED) is 0.892. The van der Waals surface area contributed by atoms with E-state index in [0.717, 1.165) is 17.8 Å². The molecule has 0 aliphatic carbocycles. The predicted octanol–water partition coefficient (Wildman–Crippen LogP) is 3.35. The molecule has 1 aliphatic heterocycles. The Bertz CT molecular complexity index is 656. The first-order valence-corrected chi connectivity index (χ1v) is 6.19. The van der Waals surface area contributed by atoms with Crippen LogP contribution in [0.4, 0.5) is 18.9 Å². The Hall–Kier alpha value is -2.44. The zero-order valence-corrected chi connectivity index (χ0v) is 10.7. The largest absolute Gasteiger partial charge is 0.508 e. The Morgan fingerprint density at radius 2 is 2.05 bits per heavy atom. The third-order valence-corrected chi connectivity index (χ3v) is 3.17. The molecule has 0 saturated carbocycles. The van der Waals surface area contributed by atoms with Crippen molar-refractivity contribution in [2.24, 2.45) is 0 Å². The minimum atomic E-state index is -4.45. The van der Waals surface area contributed by atoms with E-state index in [0.29, 0.717) is 18.0 Å². The summed E-state index contributed by atoms with van der Waals surface area (Å²) < 4.78 is 42.7. The number of aromatic nitrogens is 1. The molecule has 4 nitrogen and oxygen atoms in total. The number of nitrogens with one attached hydrogen (secondary N) is 1. The smallest absolute Gasteiger partial charge is 0.433 e. The minimum Gasteiger partial charge on any atom is -0.508 e. The van der Waals surface area contributed by atoms with Crippen molar-refractivity contribution >= 4 is 5.69 Å². The first-order chi connectivity index (χ1) is 9.93. The van der Waals surface area contributed by atoms with E-state index >= 15 is 0 Å². The summed E-state index contributed by atoms with van der Waals surface area (Å²) in [5.41, 5.74) is 0.381. The van der Waals surface area contributed by atoms with Gasteiger partial charge < -0.3 is 15.2 Å². The summed E-state index contributed by atoms with van der Waals surface area (Å²) in [5, 5.41) is 12.4. The number of benzene rings is 1. The van der Waals surface area contributed by atoms with E-state index in [1.807, 2.05) is 0 Å². The van der Waals surface area contributed by atoms with Crippen LogP contribution < -0.4 is 10.1 Å². The van der Waals surface area contributed by atoms with Crippen LogP contribution in [0.1, 0.15) is 17.3 Å². The SMILES string of the molecule is Oc1ccc2c(c1)OCC2Nc1ccc(C(F)(F)F)nc1. The Kier molecular flexibility index (Phi) is 3.12. The van der Waals surface area contributed by atoms with Crippen LogP contribution in [0.15, 0.2) is 36.5 Å². The van der Waals surface area contributed by atoms with E-state index in [2.05, 4.69) is 10.3 Å². The maximum absolute atomic E-state index is 12.4. The lowest BCUT2D eigenvalue weighted by Gasteiger charge is -2.13. The molecule has 110 valence electrons. The summed E-state index contributed by atoms with van der Waals surface area (Å²) in [6, 6.07) is 6.81. The van der Waals surface area contributed by atoms with Crippen LogP contribution >= 0.6 is 0 Å². The number of aromatic hydroxyl groups is 1. The molecule has 0 fully saturated rings. The van der Waals surface area contributed by atoms with E-state index in [4.69, 9.17) is 4.74 Å². The van der Waals surface area contributed by atoms with Crippen molar-refractivity contribution < 1.29 is 23.0 Å². The summed E-state index contributed by atoms with van der Waals surface area (Å²) in [5.74, 6) is 0.665. The zero-order valence-electron chi connectivity index (χ0n) is 10.7. The molecule has 0 spiro atoms. The number of halogens is 3. The number of phenolic OH excluding ortho intramolecular Hbond substituents is 1. The summed E-state index contributed by atoms with van der Waals surface area (Å²) in [7, 11) is 0. The van der Waals surface area contributed by atoms with Gasteiger partial charge in [0.2, 0.25) is 0 Å². The van der Waals surface area contributed by atoms with E-state index in [1.54, 1.807) is 6.07 Å². The second-order valence-corrected chi connectivity index (χ2v) is 4.66. The highest BCUT2D eigenvalue weighted by molar-refractivity contribution is 5.50. The van der Waals surface area contributed by atoms with Gasteiger partial charge in [-0.3, -0.25) is 0 Å². The molecule has 21 heavy (non-hydrogen) atoms. The number of ether oxygens (including phenoxy) is 1. The molecule has 2 heterocycles. The first kappa shape index (κ1) is 13.5. The molecule has 1 aliphatic rings. The number of hydrogen-bond donors (Lipinski definition) is 2. The van der Waals surface area contributed by atoms with Crippen LogP contribution in [0.5, 0.6) is 11.5 Å². The van der Waals surface area contributed by atoms with Gasteiger partial charge in [0.05, 0.1) is 17.9 Å². The monoisotopic (exact) mass is 296 g/mol. The number of rotatable bonds is 2. The van der Waals surface area contributed by atoms with Crippen LogP contribution in [0.25, 0.3) is 0 Å². The summed E-state index contributed by atoms with van der Waals surface area (Å²) in [4.78, 5) is 3.39. The molecule has 1 aromatic heterocycles. The van der Waals surface area contributed by atoms with E-state index in [1.165, 1.54) is 18.2 Å². The van der Waals surface area contributed by atoms with Gasteiger partial charge in [-0.05, 0) is 24.3 Å². The van der Waals surface area contributed by atoms with E-state index in [-0.39, 0.29) is 11.8 Å². The molecule has 0 bridgehead atoms. The Balaban J connectivity index is 1.77. The fraction of sp³-hybridized carbons (Fsp3) is 0.214. The number of hydrogen-bond acceptors (Lipinski definition) is 4. The number of phenols is 1. The van der Waals surface area contributed by atoms with Crippen molar-refractivity contribution in [1.29, 1.82) is 0 Å². The third-order valence-electron chi connectivity index (χ3n) is 3.17. The van der Waals surface area contributed by atoms with Gasteiger partial charge in [-0.1, -0.05) is 0 Å². The van der Waals surface area contributed by atoms with Crippen molar-refractivity contribution in [2.75, 3.05) is 11.9 Å². The van der Waals surface area contributed by atoms with Crippen molar-refractivity contribution in [3.63, 3.8) is 0 Å². The zero-order chi connectivity index (χ0) is 15.0. The Morgan fingerprint density at radius 1 is 1.24 bits per heavy atom. The molecule has 2 N–H and O–H groups in total. The fourth-order valence-corrected chi connectivity index (χ4v) is 2.17. The highest BCUT2D eigenvalue weighted by atomic mass is 19.4. The average molecular weight is 296 g/mol. The van der Waals surface area contributed by atoms with Gasteiger partial charge in [0.25, 0.3) is 0 Å². The van der Waals surface area contributed by atoms with Gasteiger partial charge in [0, 0.05) is 11.6 Å². The highest BCUT2D eigenvalue weighted by Gasteiger charge is 2.32. The van der Waals surface area contributed by atoms with Gasteiger partial charge in [-0.25, -0.2) is 4.98 Å².